The van der Waals surface area contributed by atoms with E-state index in [9.17, 15) is 4.79 Å². The van der Waals surface area contributed by atoms with Crippen molar-refractivity contribution in [2.75, 3.05) is 13.2 Å². The van der Waals surface area contributed by atoms with Gasteiger partial charge in [0.05, 0.1) is 6.61 Å². The topological polar surface area (TPSA) is 72.6 Å². The van der Waals surface area contributed by atoms with Crippen LogP contribution in [0.1, 0.15) is 20.3 Å². The van der Waals surface area contributed by atoms with Crippen LogP contribution in [0.25, 0.3) is 0 Å². The molecule has 0 spiro atoms. The van der Waals surface area contributed by atoms with Crippen molar-refractivity contribution in [1.29, 1.82) is 0 Å². The number of esters is 1. The van der Waals surface area contributed by atoms with Crippen LogP contribution in [0.15, 0.2) is 0 Å². The van der Waals surface area contributed by atoms with Crippen LogP contribution in [0.5, 0.6) is 0 Å². The van der Waals surface area contributed by atoms with Crippen LogP contribution in [-0.4, -0.2) is 30.3 Å². The summed E-state index contributed by atoms with van der Waals surface area (Å²) in [5.41, 5.74) is 5.50. The lowest BCUT2D eigenvalue weighted by atomic mass is 10.1. The van der Waals surface area contributed by atoms with Gasteiger partial charge in [0.15, 0.2) is 0 Å². The van der Waals surface area contributed by atoms with Crippen LogP contribution in [0.3, 0.4) is 0 Å². The fourth-order valence-corrected chi connectivity index (χ4v) is 0.857. The third kappa shape index (κ3) is 5.09. The lowest BCUT2D eigenvalue weighted by molar-refractivity contribution is -0.146. The molecule has 1 atom stereocenters. The van der Waals surface area contributed by atoms with E-state index in [1.807, 2.05) is 13.8 Å². The molecule has 72 valence electrons. The smallest absolute Gasteiger partial charge is 0.322 e. The number of hydrogen-bond acceptors (Lipinski definition) is 4. The summed E-state index contributed by atoms with van der Waals surface area (Å²) in [4.78, 5) is 11.0. The van der Waals surface area contributed by atoms with E-state index >= 15 is 0 Å². The standard InChI is InChI=1S/C8H17NO3/c1-6(2)5-7(9)8(11)12-4-3-10/h6-7,10H,3-5,9H2,1-2H3/t7-/m0/s1. The van der Waals surface area contributed by atoms with Crippen molar-refractivity contribution in [1.82, 2.24) is 0 Å². The molecule has 0 aromatic carbocycles. The van der Waals surface area contributed by atoms with E-state index in [1.54, 1.807) is 0 Å². The molecule has 0 unspecified atom stereocenters. The van der Waals surface area contributed by atoms with E-state index in [0.717, 1.165) is 0 Å². The van der Waals surface area contributed by atoms with Gasteiger partial charge in [-0.15, -0.1) is 0 Å². The molecule has 0 aliphatic heterocycles. The number of carbonyl (C=O) groups is 1. The number of aliphatic hydroxyl groups is 1. The zero-order chi connectivity index (χ0) is 9.56. The Bertz CT molecular complexity index is 136. The Hall–Kier alpha value is -0.610. The van der Waals surface area contributed by atoms with Crippen molar-refractivity contribution < 1.29 is 14.6 Å². The summed E-state index contributed by atoms with van der Waals surface area (Å²) in [6.45, 7) is 3.85. The van der Waals surface area contributed by atoms with Gasteiger partial charge in [0.1, 0.15) is 12.6 Å². The maximum Gasteiger partial charge on any atom is 0.322 e. The summed E-state index contributed by atoms with van der Waals surface area (Å²) in [5.74, 6) is -0.0561. The van der Waals surface area contributed by atoms with Gasteiger partial charge in [0.25, 0.3) is 0 Å². The molecule has 0 rings (SSSR count). The summed E-state index contributed by atoms with van der Waals surface area (Å²) < 4.78 is 4.64. The summed E-state index contributed by atoms with van der Waals surface area (Å²) in [6.07, 6.45) is 0.615. The van der Waals surface area contributed by atoms with Crippen molar-refractivity contribution in [3.63, 3.8) is 0 Å². The monoisotopic (exact) mass is 175 g/mol. The maximum atomic E-state index is 11.0. The first-order valence-corrected chi connectivity index (χ1v) is 4.11. The predicted molar refractivity (Wildman–Crippen MR) is 45.5 cm³/mol. The van der Waals surface area contributed by atoms with Crippen LogP contribution in [-0.2, 0) is 9.53 Å². The lowest BCUT2D eigenvalue weighted by Gasteiger charge is -2.12. The van der Waals surface area contributed by atoms with Gasteiger partial charge in [-0.2, -0.15) is 0 Å². The van der Waals surface area contributed by atoms with Crippen molar-refractivity contribution in [3.8, 4) is 0 Å². The summed E-state index contributed by atoms with van der Waals surface area (Å²) in [6, 6.07) is -0.559. The van der Waals surface area contributed by atoms with Gasteiger partial charge in [-0.05, 0) is 12.3 Å². The highest BCUT2D eigenvalue weighted by Crippen LogP contribution is 2.03. The van der Waals surface area contributed by atoms with E-state index in [2.05, 4.69) is 4.74 Å². The second-order valence-electron chi connectivity index (χ2n) is 3.13. The van der Waals surface area contributed by atoms with E-state index in [-0.39, 0.29) is 13.2 Å². The molecule has 0 amide bonds. The second kappa shape index (κ2) is 5.97. The van der Waals surface area contributed by atoms with Gasteiger partial charge in [0.2, 0.25) is 0 Å². The molecule has 0 aromatic heterocycles. The van der Waals surface area contributed by atoms with Gasteiger partial charge >= 0.3 is 5.97 Å². The minimum Gasteiger partial charge on any atom is -0.462 e. The zero-order valence-corrected chi connectivity index (χ0v) is 7.62. The van der Waals surface area contributed by atoms with Crippen molar-refractivity contribution >= 4 is 5.97 Å². The quantitative estimate of drug-likeness (QED) is 0.572. The molecule has 0 aliphatic carbocycles. The first kappa shape index (κ1) is 11.4. The molecule has 12 heavy (non-hydrogen) atoms. The van der Waals surface area contributed by atoms with Gasteiger partial charge in [0, 0.05) is 0 Å². The van der Waals surface area contributed by atoms with E-state index in [4.69, 9.17) is 10.8 Å². The zero-order valence-electron chi connectivity index (χ0n) is 7.62. The fourth-order valence-electron chi connectivity index (χ4n) is 0.857. The molecule has 0 saturated carbocycles. The molecule has 0 radical (unpaired) electrons. The fraction of sp³-hybridized carbons (Fsp3) is 0.875. The lowest BCUT2D eigenvalue weighted by Crippen LogP contribution is -2.34. The highest BCUT2D eigenvalue weighted by molar-refractivity contribution is 5.75. The molecular formula is C8H17NO3. The first-order chi connectivity index (χ1) is 5.57. The summed E-state index contributed by atoms with van der Waals surface area (Å²) in [7, 11) is 0. The normalized spacial score (nSPS) is 13.1. The van der Waals surface area contributed by atoms with Crippen LogP contribution < -0.4 is 5.73 Å². The number of ether oxygens (including phenoxy) is 1. The molecule has 4 heteroatoms. The SMILES string of the molecule is CC(C)C[C@H](N)C(=O)OCCO. The molecule has 0 bridgehead atoms. The minimum atomic E-state index is -0.559. The Labute approximate surface area is 72.7 Å². The first-order valence-electron chi connectivity index (χ1n) is 4.11. The van der Waals surface area contributed by atoms with E-state index < -0.39 is 12.0 Å². The Balaban J connectivity index is 3.61. The highest BCUT2D eigenvalue weighted by atomic mass is 16.5. The Morgan fingerprint density at radius 2 is 2.17 bits per heavy atom. The number of aliphatic hydroxyl groups excluding tert-OH is 1. The van der Waals surface area contributed by atoms with Crippen molar-refractivity contribution in [2.24, 2.45) is 11.7 Å². The average Bonchev–Trinajstić information content (AvgIpc) is 1.98. The molecule has 0 fully saturated rings. The second-order valence-corrected chi connectivity index (χ2v) is 3.13. The number of rotatable bonds is 5. The Morgan fingerprint density at radius 3 is 2.58 bits per heavy atom. The molecule has 3 N–H and O–H groups in total. The average molecular weight is 175 g/mol. The largest absolute Gasteiger partial charge is 0.462 e. The van der Waals surface area contributed by atoms with Crippen LogP contribution >= 0.6 is 0 Å². The van der Waals surface area contributed by atoms with Crippen LogP contribution in [0.2, 0.25) is 0 Å². The van der Waals surface area contributed by atoms with Crippen molar-refractivity contribution in [2.45, 2.75) is 26.3 Å². The van der Waals surface area contributed by atoms with Gasteiger partial charge in [-0.1, -0.05) is 13.8 Å². The molecule has 0 aliphatic rings. The number of nitrogens with two attached hydrogens (primary N) is 1. The predicted octanol–water partition coefficient (Wildman–Crippen LogP) is -0.105. The van der Waals surface area contributed by atoms with Gasteiger partial charge in [-0.25, -0.2) is 0 Å². The van der Waals surface area contributed by atoms with Crippen molar-refractivity contribution in [3.05, 3.63) is 0 Å². The van der Waals surface area contributed by atoms with Gasteiger partial charge < -0.3 is 15.6 Å². The Kier molecular flexibility index (Phi) is 5.66. The van der Waals surface area contributed by atoms with Gasteiger partial charge in [-0.3, -0.25) is 4.79 Å². The maximum absolute atomic E-state index is 11.0. The van der Waals surface area contributed by atoms with Crippen LogP contribution in [0.4, 0.5) is 0 Å². The number of hydrogen-bond donors (Lipinski definition) is 2. The summed E-state index contributed by atoms with van der Waals surface area (Å²) in [5, 5.41) is 8.36. The third-order valence-electron chi connectivity index (χ3n) is 1.36. The molecule has 0 heterocycles. The van der Waals surface area contributed by atoms with Crippen LogP contribution in [0, 0.1) is 5.92 Å². The molecule has 0 saturated heterocycles. The molecule has 4 nitrogen and oxygen atoms in total. The molecular weight excluding hydrogens is 158 g/mol. The summed E-state index contributed by atoms with van der Waals surface area (Å²) >= 11 is 0. The number of carbonyl (C=O) groups excluding carboxylic acids is 1. The highest BCUT2D eigenvalue weighted by Gasteiger charge is 2.15. The van der Waals surface area contributed by atoms with E-state index in [0.29, 0.717) is 12.3 Å². The molecule has 0 aromatic rings. The van der Waals surface area contributed by atoms with E-state index in [1.165, 1.54) is 0 Å². The minimum absolute atomic E-state index is 0.0324. The Morgan fingerprint density at radius 1 is 1.58 bits per heavy atom. The third-order valence-corrected chi connectivity index (χ3v) is 1.36.